The van der Waals surface area contributed by atoms with Crippen molar-refractivity contribution in [2.75, 3.05) is 0 Å². The fourth-order valence-electron chi connectivity index (χ4n) is 1.23. The van der Waals surface area contributed by atoms with E-state index in [1.54, 1.807) is 6.07 Å². The van der Waals surface area contributed by atoms with Gasteiger partial charge in [-0.3, -0.25) is 10.1 Å². The molecule has 1 heterocycles. The molecule has 83 valence electrons. The summed E-state index contributed by atoms with van der Waals surface area (Å²) in [5.74, 6) is 0. The van der Waals surface area contributed by atoms with E-state index in [-0.39, 0.29) is 25.8 Å². The van der Waals surface area contributed by atoms with Gasteiger partial charge in [0.25, 0.3) is 5.69 Å². The van der Waals surface area contributed by atoms with Crippen LogP contribution in [-0.4, -0.2) is 9.91 Å². The maximum atomic E-state index is 10.6. The van der Waals surface area contributed by atoms with E-state index in [1.165, 1.54) is 18.3 Å². The fraction of sp³-hybridized carbons (Fsp3) is 0. The first-order valence-electron chi connectivity index (χ1n) is 4.35. The molecular weight excluding hydrogens is 384 g/mol. The van der Waals surface area contributed by atoms with Crippen molar-refractivity contribution in [3.05, 3.63) is 58.8 Å². The summed E-state index contributed by atoms with van der Waals surface area (Å²) < 4.78 is 0. The molecule has 16 heavy (non-hydrogen) atoms. The average molecular weight is 391 g/mol. The van der Waals surface area contributed by atoms with Crippen molar-refractivity contribution in [1.82, 2.24) is 4.98 Å². The second-order valence-corrected chi connectivity index (χ2v) is 2.93. The molecule has 0 saturated carbocycles. The number of rotatable bonds is 2. The normalized spacial score (nSPS) is 9.25. The molecular formula is C11H7IrN2O2-. The van der Waals surface area contributed by atoms with Gasteiger partial charge >= 0.3 is 0 Å². The van der Waals surface area contributed by atoms with Crippen LogP contribution in [-0.2, 0) is 20.1 Å². The van der Waals surface area contributed by atoms with Gasteiger partial charge in [0.1, 0.15) is 0 Å². The van der Waals surface area contributed by atoms with Gasteiger partial charge in [0, 0.05) is 32.4 Å². The van der Waals surface area contributed by atoms with Crippen LogP contribution in [0.25, 0.3) is 11.3 Å². The van der Waals surface area contributed by atoms with Crippen LogP contribution >= 0.6 is 0 Å². The van der Waals surface area contributed by atoms with E-state index in [1.807, 2.05) is 18.2 Å². The Kier molecular flexibility index (Phi) is 4.28. The zero-order valence-corrected chi connectivity index (χ0v) is 10.5. The molecule has 0 aliphatic carbocycles. The summed E-state index contributed by atoms with van der Waals surface area (Å²) in [6.45, 7) is 0. The van der Waals surface area contributed by atoms with Crippen molar-refractivity contribution in [2.45, 2.75) is 0 Å². The van der Waals surface area contributed by atoms with Gasteiger partial charge < -0.3 is 4.98 Å². The summed E-state index contributed by atoms with van der Waals surface area (Å²) in [5, 5.41) is 10.6. The predicted octanol–water partition coefficient (Wildman–Crippen LogP) is 2.45. The quantitative estimate of drug-likeness (QED) is 0.449. The van der Waals surface area contributed by atoms with Crippen molar-refractivity contribution in [2.24, 2.45) is 0 Å². The van der Waals surface area contributed by atoms with E-state index >= 15 is 0 Å². The predicted molar refractivity (Wildman–Crippen MR) is 55.2 cm³/mol. The minimum atomic E-state index is -0.436. The van der Waals surface area contributed by atoms with Crippen LogP contribution in [0.1, 0.15) is 0 Å². The number of nitro groups is 1. The Morgan fingerprint density at radius 2 is 2.12 bits per heavy atom. The molecule has 0 unspecified atom stereocenters. The maximum absolute atomic E-state index is 10.6. The average Bonchev–Trinajstić information content (AvgIpc) is 2.30. The number of hydrogen-bond acceptors (Lipinski definition) is 3. The van der Waals surface area contributed by atoms with Gasteiger partial charge in [0.2, 0.25) is 0 Å². The third kappa shape index (κ3) is 2.72. The van der Waals surface area contributed by atoms with Gasteiger partial charge in [-0.15, -0.1) is 35.9 Å². The minimum absolute atomic E-state index is 0. The number of benzene rings is 1. The van der Waals surface area contributed by atoms with Crippen LogP contribution in [0.15, 0.2) is 42.6 Å². The van der Waals surface area contributed by atoms with Crippen LogP contribution in [0, 0.1) is 16.2 Å². The molecule has 4 nitrogen and oxygen atoms in total. The van der Waals surface area contributed by atoms with Crippen molar-refractivity contribution >= 4 is 5.69 Å². The van der Waals surface area contributed by atoms with E-state index in [4.69, 9.17) is 0 Å². The van der Waals surface area contributed by atoms with Crippen molar-refractivity contribution in [3.8, 4) is 11.3 Å². The Hall–Kier alpha value is -1.58. The van der Waals surface area contributed by atoms with E-state index < -0.39 is 4.92 Å². The van der Waals surface area contributed by atoms with Gasteiger partial charge in [-0.1, -0.05) is 0 Å². The summed E-state index contributed by atoms with van der Waals surface area (Å²) >= 11 is 0. The van der Waals surface area contributed by atoms with Crippen molar-refractivity contribution in [1.29, 1.82) is 0 Å². The zero-order valence-electron chi connectivity index (χ0n) is 8.09. The van der Waals surface area contributed by atoms with E-state index in [0.29, 0.717) is 5.69 Å². The van der Waals surface area contributed by atoms with Crippen molar-refractivity contribution in [3.63, 3.8) is 0 Å². The van der Waals surface area contributed by atoms with E-state index in [2.05, 4.69) is 11.1 Å². The summed E-state index contributed by atoms with van der Waals surface area (Å²) in [5.41, 5.74) is 1.35. The van der Waals surface area contributed by atoms with Crippen LogP contribution in [0.5, 0.6) is 0 Å². The van der Waals surface area contributed by atoms with Crippen LogP contribution < -0.4 is 0 Å². The third-order valence-electron chi connectivity index (χ3n) is 1.94. The summed E-state index contributed by atoms with van der Waals surface area (Å²) in [7, 11) is 0. The standard InChI is InChI=1S/C11H7N2O2.Ir/c14-13(15)10-6-7-12-11(8-10)9-4-2-1-3-5-9;/h1-4,6-8H;/q-1;. The van der Waals surface area contributed by atoms with E-state index in [0.717, 1.165) is 5.56 Å². The molecule has 0 N–H and O–H groups in total. The molecule has 0 spiro atoms. The molecule has 2 aromatic rings. The van der Waals surface area contributed by atoms with Crippen LogP contribution in [0.4, 0.5) is 5.69 Å². The summed E-state index contributed by atoms with van der Waals surface area (Å²) in [6, 6.07) is 13.0. The fourth-order valence-corrected chi connectivity index (χ4v) is 1.23. The van der Waals surface area contributed by atoms with Gasteiger partial charge in [-0.05, 0) is 11.8 Å². The molecule has 1 radical (unpaired) electrons. The zero-order chi connectivity index (χ0) is 10.7. The Morgan fingerprint density at radius 1 is 1.31 bits per heavy atom. The van der Waals surface area contributed by atoms with Gasteiger partial charge in [-0.2, -0.15) is 0 Å². The number of hydrogen-bond donors (Lipinski definition) is 0. The maximum Gasteiger partial charge on any atom is 0.263 e. The molecule has 0 atom stereocenters. The van der Waals surface area contributed by atoms with Gasteiger partial charge in [-0.25, -0.2) is 0 Å². The van der Waals surface area contributed by atoms with Crippen molar-refractivity contribution < 1.29 is 25.0 Å². The number of aromatic nitrogens is 1. The molecule has 2 rings (SSSR count). The smallest absolute Gasteiger partial charge is 0.263 e. The third-order valence-corrected chi connectivity index (χ3v) is 1.94. The molecule has 0 fully saturated rings. The van der Waals surface area contributed by atoms with Gasteiger partial charge in [0.15, 0.2) is 0 Å². The number of nitrogens with zero attached hydrogens (tertiary/aromatic N) is 2. The first-order chi connectivity index (χ1) is 7.27. The monoisotopic (exact) mass is 392 g/mol. The molecule has 0 saturated heterocycles. The summed E-state index contributed by atoms with van der Waals surface area (Å²) in [4.78, 5) is 14.2. The van der Waals surface area contributed by atoms with E-state index in [9.17, 15) is 10.1 Å². The largest absolute Gasteiger partial charge is 0.304 e. The second-order valence-electron chi connectivity index (χ2n) is 2.93. The van der Waals surface area contributed by atoms with Gasteiger partial charge in [0.05, 0.1) is 4.92 Å². The molecule has 0 bridgehead atoms. The molecule has 0 aliphatic heterocycles. The molecule has 5 heteroatoms. The minimum Gasteiger partial charge on any atom is -0.304 e. The Labute approximate surface area is 106 Å². The molecule has 0 aliphatic rings. The SMILES string of the molecule is O=[N+]([O-])c1ccnc(-c2[c-]cccc2)c1.[Ir]. The Bertz CT molecular complexity index is 488. The van der Waals surface area contributed by atoms with Crippen LogP contribution in [0.3, 0.4) is 0 Å². The first kappa shape index (κ1) is 12.5. The second kappa shape index (κ2) is 5.49. The van der Waals surface area contributed by atoms with Crippen LogP contribution in [0.2, 0.25) is 0 Å². The Balaban J connectivity index is 0.00000128. The molecule has 1 aromatic carbocycles. The summed E-state index contributed by atoms with van der Waals surface area (Å²) in [6.07, 6.45) is 1.42. The number of pyridine rings is 1. The topological polar surface area (TPSA) is 56.0 Å². The molecule has 1 aromatic heterocycles. The molecule has 0 amide bonds. The first-order valence-corrected chi connectivity index (χ1v) is 4.35. The Morgan fingerprint density at radius 3 is 2.75 bits per heavy atom.